The quantitative estimate of drug-likeness (QED) is 0.564. The zero-order valence-electron chi connectivity index (χ0n) is 17.2. The van der Waals surface area contributed by atoms with Crippen molar-refractivity contribution in [1.29, 1.82) is 0 Å². The minimum Gasteiger partial charge on any atom is -0.493 e. The molecule has 0 saturated heterocycles. The second-order valence-corrected chi connectivity index (χ2v) is 9.27. The molecule has 0 amide bonds. The van der Waals surface area contributed by atoms with Gasteiger partial charge in [0.2, 0.25) is 0 Å². The third-order valence-corrected chi connectivity index (χ3v) is 7.36. The summed E-state index contributed by atoms with van der Waals surface area (Å²) in [5, 5.41) is 12.7. The van der Waals surface area contributed by atoms with E-state index in [9.17, 15) is 9.90 Å². The standard InChI is InChI=1S/C24H26N2O3S/c1-15-19(24(27)28)12-21(26(15)13-16-5-3-2-4-6-16)20-14-30-23(25-20)18-7-8-22-17(11-18)9-10-29-22/h7-8,11-12,14,16H,2-6,9-10,13H2,1H3,(H,27,28). The number of hydrogen-bond donors (Lipinski definition) is 1. The lowest BCUT2D eigenvalue weighted by atomic mass is 9.89. The van der Waals surface area contributed by atoms with Crippen LogP contribution in [0.15, 0.2) is 29.6 Å². The van der Waals surface area contributed by atoms with Gasteiger partial charge in [-0.25, -0.2) is 9.78 Å². The molecule has 3 heterocycles. The number of fused-ring (bicyclic) bond motifs is 1. The summed E-state index contributed by atoms with van der Waals surface area (Å²) in [7, 11) is 0. The fraction of sp³-hybridized carbons (Fsp3) is 0.417. The number of nitrogens with zero attached hydrogens (tertiary/aromatic N) is 2. The largest absolute Gasteiger partial charge is 0.493 e. The normalized spacial score (nSPS) is 16.4. The second-order valence-electron chi connectivity index (χ2n) is 8.41. The molecule has 6 heteroatoms. The van der Waals surface area contributed by atoms with Crippen LogP contribution in [0, 0.1) is 12.8 Å². The van der Waals surface area contributed by atoms with E-state index >= 15 is 0 Å². The van der Waals surface area contributed by atoms with Gasteiger partial charge in [-0.15, -0.1) is 11.3 Å². The van der Waals surface area contributed by atoms with Crippen LogP contribution in [0.3, 0.4) is 0 Å². The first-order valence-corrected chi connectivity index (χ1v) is 11.6. The fourth-order valence-electron chi connectivity index (χ4n) is 4.78. The first-order valence-electron chi connectivity index (χ1n) is 10.8. The number of rotatable bonds is 5. The molecule has 1 aromatic carbocycles. The third kappa shape index (κ3) is 3.54. The fourth-order valence-corrected chi connectivity index (χ4v) is 5.59. The van der Waals surface area contributed by atoms with Gasteiger partial charge in [-0.05, 0) is 55.5 Å². The number of aromatic nitrogens is 2. The van der Waals surface area contributed by atoms with E-state index in [2.05, 4.69) is 22.1 Å². The Bertz CT molecular complexity index is 1090. The van der Waals surface area contributed by atoms with Crippen LogP contribution in [0.2, 0.25) is 0 Å². The van der Waals surface area contributed by atoms with Crippen molar-refractivity contribution >= 4 is 17.3 Å². The zero-order chi connectivity index (χ0) is 20.7. The molecule has 5 nitrogen and oxygen atoms in total. The summed E-state index contributed by atoms with van der Waals surface area (Å²) in [5.41, 5.74) is 5.31. The van der Waals surface area contributed by atoms with Crippen molar-refractivity contribution in [2.45, 2.75) is 52.0 Å². The van der Waals surface area contributed by atoms with Gasteiger partial charge in [0.25, 0.3) is 0 Å². The molecule has 0 atom stereocenters. The maximum atomic E-state index is 11.8. The molecule has 1 N–H and O–H groups in total. The van der Waals surface area contributed by atoms with Gasteiger partial charge in [-0.3, -0.25) is 0 Å². The summed E-state index contributed by atoms with van der Waals surface area (Å²) in [6, 6.07) is 8.05. The average molecular weight is 423 g/mol. The van der Waals surface area contributed by atoms with Gasteiger partial charge in [0.1, 0.15) is 10.8 Å². The molecule has 0 unspecified atom stereocenters. The second kappa shape index (κ2) is 7.91. The van der Waals surface area contributed by atoms with Gasteiger partial charge >= 0.3 is 5.97 Å². The smallest absolute Gasteiger partial charge is 0.337 e. The minimum atomic E-state index is -0.870. The molecule has 1 fully saturated rings. The Morgan fingerprint density at radius 3 is 2.90 bits per heavy atom. The molecule has 2 aromatic heterocycles. The highest BCUT2D eigenvalue weighted by Crippen LogP contribution is 2.36. The van der Waals surface area contributed by atoms with Crippen LogP contribution < -0.4 is 4.74 Å². The number of carboxylic acid groups (broad SMARTS) is 1. The van der Waals surface area contributed by atoms with Gasteiger partial charge in [0.15, 0.2) is 0 Å². The molecular formula is C24H26N2O3S. The Labute approximate surface area is 180 Å². The molecule has 3 aromatic rings. The predicted octanol–water partition coefficient (Wildman–Crippen LogP) is 5.80. The first-order chi connectivity index (χ1) is 14.6. The summed E-state index contributed by atoms with van der Waals surface area (Å²) >= 11 is 1.61. The van der Waals surface area contributed by atoms with E-state index in [0.717, 1.165) is 53.0 Å². The monoisotopic (exact) mass is 422 g/mol. The van der Waals surface area contributed by atoms with Crippen LogP contribution in [0.25, 0.3) is 22.0 Å². The van der Waals surface area contributed by atoms with Gasteiger partial charge in [0.05, 0.1) is 23.6 Å². The van der Waals surface area contributed by atoms with E-state index in [1.807, 2.05) is 13.0 Å². The zero-order valence-corrected chi connectivity index (χ0v) is 18.0. The average Bonchev–Trinajstić information content (AvgIpc) is 3.48. The Kier molecular flexibility index (Phi) is 5.11. The maximum absolute atomic E-state index is 11.8. The van der Waals surface area contributed by atoms with Crippen LogP contribution in [0.1, 0.15) is 53.7 Å². The molecule has 1 saturated carbocycles. The molecule has 0 bridgehead atoms. The number of aromatic carboxylic acids is 1. The molecule has 2 aliphatic rings. The van der Waals surface area contributed by atoms with Gasteiger partial charge in [-0.2, -0.15) is 0 Å². The highest BCUT2D eigenvalue weighted by atomic mass is 32.1. The lowest BCUT2D eigenvalue weighted by Crippen LogP contribution is -2.16. The molecule has 1 aliphatic heterocycles. The van der Waals surface area contributed by atoms with Gasteiger partial charge in [-0.1, -0.05) is 19.3 Å². The predicted molar refractivity (Wildman–Crippen MR) is 118 cm³/mol. The number of carboxylic acids is 1. The lowest BCUT2D eigenvalue weighted by molar-refractivity contribution is 0.0696. The van der Waals surface area contributed by atoms with E-state index in [1.54, 1.807) is 17.4 Å². The van der Waals surface area contributed by atoms with Crippen molar-refractivity contribution in [2.75, 3.05) is 6.61 Å². The molecule has 1 aliphatic carbocycles. The van der Waals surface area contributed by atoms with E-state index in [0.29, 0.717) is 11.5 Å². The molecule has 0 radical (unpaired) electrons. The Morgan fingerprint density at radius 1 is 1.27 bits per heavy atom. The molecular weight excluding hydrogens is 396 g/mol. The third-order valence-electron chi connectivity index (χ3n) is 6.47. The summed E-state index contributed by atoms with van der Waals surface area (Å²) in [6.45, 7) is 3.54. The van der Waals surface area contributed by atoms with Crippen LogP contribution in [0.5, 0.6) is 5.75 Å². The van der Waals surface area contributed by atoms with Crippen molar-refractivity contribution in [3.8, 4) is 27.7 Å². The highest BCUT2D eigenvalue weighted by Gasteiger charge is 2.23. The lowest BCUT2D eigenvalue weighted by Gasteiger charge is -2.24. The highest BCUT2D eigenvalue weighted by molar-refractivity contribution is 7.13. The number of hydrogen-bond acceptors (Lipinski definition) is 4. The van der Waals surface area contributed by atoms with Crippen LogP contribution in [-0.2, 0) is 13.0 Å². The van der Waals surface area contributed by atoms with E-state index < -0.39 is 5.97 Å². The summed E-state index contributed by atoms with van der Waals surface area (Å²) in [6.07, 6.45) is 7.24. The van der Waals surface area contributed by atoms with E-state index in [-0.39, 0.29) is 0 Å². The number of ether oxygens (including phenoxy) is 1. The van der Waals surface area contributed by atoms with Crippen molar-refractivity contribution in [1.82, 2.24) is 9.55 Å². The van der Waals surface area contributed by atoms with Gasteiger partial charge < -0.3 is 14.4 Å². The number of thiazole rings is 1. The number of carbonyl (C=O) groups is 1. The number of benzene rings is 1. The first kappa shape index (κ1) is 19.4. The topological polar surface area (TPSA) is 64.3 Å². The van der Waals surface area contributed by atoms with Crippen LogP contribution in [-0.4, -0.2) is 27.2 Å². The summed E-state index contributed by atoms with van der Waals surface area (Å²) < 4.78 is 7.80. The van der Waals surface area contributed by atoms with Gasteiger partial charge in [0, 0.05) is 29.6 Å². The Hall–Kier alpha value is -2.60. The van der Waals surface area contributed by atoms with E-state index in [1.165, 1.54) is 37.7 Å². The van der Waals surface area contributed by atoms with Crippen molar-refractivity contribution in [2.24, 2.45) is 5.92 Å². The van der Waals surface area contributed by atoms with Crippen LogP contribution in [0.4, 0.5) is 0 Å². The van der Waals surface area contributed by atoms with Crippen molar-refractivity contribution in [3.05, 3.63) is 46.5 Å². The van der Waals surface area contributed by atoms with E-state index in [4.69, 9.17) is 9.72 Å². The molecule has 0 spiro atoms. The maximum Gasteiger partial charge on any atom is 0.337 e. The van der Waals surface area contributed by atoms with Crippen molar-refractivity contribution in [3.63, 3.8) is 0 Å². The Balaban J connectivity index is 1.50. The summed E-state index contributed by atoms with van der Waals surface area (Å²) in [5.74, 6) is 0.712. The Morgan fingerprint density at radius 2 is 2.10 bits per heavy atom. The molecule has 5 rings (SSSR count). The SMILES string of the molecule is Cc1c(C(=O)O)cc(-c2csc(-c3ccc4c(c3)CCO4)n2)n1CC1CCCCC1. The summed E-state index contributed by atoms with van der Waals surface area (Å²) in [4.78, 5) is 16.7. The molecule has 156 valence electrons. The van der Waals surface area contributed by atoms with Crippen molar-refractivity contribution < 1.29 is 14.6 Å². The minimum absolute atomic E-state index is 0.380. The van der Waals surface area contributed by atoms with Crippen LogP contribution >= 0.6 is 11.3 Å². The molecule has 30 heavy (non-hydrogen) atoms.